The summed E-state index contributed by atoms with van der Waals surface area (Å²) in [5.74, 6) is -0.340. The SMILES string of the molecule is CN(CC(=O)Nc1ccc(Cl)c(C(F)(F)F)c1)c1cc(Cl)nc(N)n1. The normalized spacial score (nSPS) is 11.3. The summed E-state index contributed by atoms with van der Waals surface area (Å²) >= 11 is 11.3. The van der Waals surface area contributed by atoms with Gasteiger partial charge >= 0.3 is 6.18 Å². The van der Waals surface area contributed by atoms with E-state index in [2.05, 4.69) is 15.3 Å². The van der Waals surface area contributed by atoms with Crippen LogP contribution in [-0.2, 0) is 11.0 Å². The van der Waals surface area contributed by atoms with Gasteiger partial charge in [-0.3, -0.25) is 4.79 Å². The zero-order valence-electron chi connectivity index (χ0n) is 12.7. The molecule has 6 nitrogen and oxygen atoms in total. The number of rotatable bonds is 4. The third kappa shape index (κ3) is 5.10. The molecule has 0 saturated heterocycles. The van der Waals surface area contributed by atoms with Crippen molar-refractivity contribution in [1.29, 1.82) is 0 Å². The van der Waals surface area contributed by atoms with Gasteiger partial charge in [0.1, 0.15) is 11.0 Å². The maximum atomic E-state index is 12.8. The van der Waals surface area contributed by atoms with Crippen LogP contribution in [0, 0.1) is 0 Å². The number of hydrogen-bond acceptors (Lipinski definition) is 5. The Morgan fingerprint density at radius 3 is 2.56 bits per heavy atom. The Morgan fingerprint density at radius 1 is 1.28 bits per heavy atom. The van der Waals surface area contributed by atoms with Crippen molar-refractivity contribution in [3.05, 3.63) is 40.0 Å². The Labute approximate surface area is 150 Å². The van der Waals surface area contributed by atoms with Crippen LogP contribution in [-0.4, -0.2) is 29.5 Å². The Hall–Kier alpha value is -2.26. The van der Waals surface area contributed by atoms with Crippen LogP contribution >= 0.6 is 23.2 Å². The number of halogens is 5. The highest BCUT2D eigenvalue weighted by Gasteiger charge is 2.33. The Morgan fingerprint density at radius 2 is 1.96 bits per heavy atom. The molecule has 2 rings (SSSR count). The van der Waals surface area contributed by atoms with Crippen molar-refractivity contribution in [3.63, 3.8) is 0 Å². The lowest BCUT2D eigenvalue weighted by Crippen LogP contribution is -2.31. The molecule has 0 radical (unpaired) electrons. The highest BCUT2D eigenvalue weighted by atomic mass is 35.5. The molecule has 0 saturated carbocycles. The van der Waals surface area contributed by atoms with Crippen molar-refractivity contribution in [2.24, 2.45) is 0 Å². The molecule has 0 atom stereocenters. The third-order valence-corrected chi connectivity index (χ3v) is 3.55. The summed E-state index contributed by atoms with van der Waals surface area (Å²) in [5, 5.41) is 2.01. The molecule has 1 aromatic heterocycles. The maximum absolute atomic E-state index is 12.8. The first-order chi connectivity index (χ1) is 11.6. The number of likely N-dealkylation sites (N-methyl/N-ethyl adjacent to an activating group) is 1. The second kappa shape index (κ2) is 7.32. The van der Waals surface area contributed by atoms with E-state index in [0.717, 1.165) is 12.1 Å². The molecule has 1 amide bonds. The summed E-state index contributed by atoms with van der Waals surface area (Å²) in [6.07, 6.45) is -4.62. The quantitative estimate of drug-likeness (QED) is 0.777. The average molecular weight is 394 g/mol. The number of carbonyl (C=O) groups excluding carboxylic acids is 1. The summed E-state index contributed by atoms with van der Waals surface area (Å²) in [5.41, 5.74) is 4.41. The zero-order valence-corrected chi connectivity index (χ0v) is 14.2. The molecule has 134 valence electrons. The van der Waals surface area contributed by atoms with Gasteiger partial charge in [-0.25, -0.2) is 4.98 Å². The minimum Gasteiger partial charge on any atom is -0.368 e. The van der Waals surface area contributed by atoms with E-state index in [0.29, 0.717) is 5.82 Å². The van der Waals surface area contributed by atoms with Crippen molar-refractivity contribution < 1.29 is 18.0 Å². The first-order valence-electron chi connectivity index (χ1n) is 6.74. The van der Waals surface area contributed by atoms with Crippen LogP contribution in [0.25, 0.3) is 0 Å². The topological polar surface area (TPSA) is 84.1 Å². The lowest BCUT2D eigenvalue weighted by molar-refractivity contribution is -0.137. The molecule has 3 N–H and O–H groups in total. The van der Waals surface area contributed by atoms with Gasteiger partial charge in [0.25, 0.3) is 0 Å². The fourth-order valence-corrected chi connectivity index (χ4v) is 2.34. The number of nitrogen functional groups attached to an aromatic ring is 1. The Kier molecular flexibility index (Phi) is 5.58. The van der Waals surface area contributed by atoms with Crippen LogP contribution < -0.4 is 16.0 Å². The number of amides is 1. The molecule has 2 aromatic rings. The predicted octanol–water partition coefficient (Wildman–Crippen LogP) is 3.46. The van der Waals surface area contributed by atoms with Crippen molar-refractivity contribution in [3.8, 4) is 0 Å². The minimum atomic E-state index is -4.62. The van der Waals surface area contributed by atoms with Crippen LogP contribution in [0.2, 0.25) is 10.2 Å². The van der Waals surface area contributed by atoms with Gasteiger partial charge in [-0.1, -0.05) is 23.2 Å². The van der Waals surface area contributed by atoms with Gasteiger partial charge in [0.15, 0.2) is 0 Å². The smallest absolute Gasteiger partial charge is 0.368 e. The van der Waals surface area contributed by atoms with Crippen LogP contribution in [0.15, 0.2) is 24.3 Å². The van der Waals surface area contributed by atoms with E-state index in [1.807, 2.05) is 0 Å². The van der Waals surface area contributed by atoms with E-state index in [1.165, 1.54) is 17.0 Å². The average Bonchev–Trinajstić information content (AvgIpc) is 2.47. The molecule has 0 aliphatic heterocycles. The van der Waals surface area contributed by atoms with E-state index < -0.39 is 22.7 Å². The molecular weight excluding hydrogens is 382 g/mol. The lowest BCUT2D eigenvalue weighted by atomic mass is 10.2. The molecule has 0 aliphatic rings. The van der Waals surface area contributed by atoms with Crippen LogP contribution in [0.1, 0.15) is 5.56 Å². The van der Waals surface area contributed by atoms with E-state index in [4.69, 9.17) is 28.9 Å². The molecule has 25 heavy (non-hydrogen) atoms. The van der Waals surface area contributed by atoms with Crippen molar-refractivity contribution >= 4 is 46.6 Å². The van der Waals surface area contributed by atoms with Crippen LogP contribution in [0.3, 0.4) is 0 Å². The lowest BCUT2D eigenvalue weighted by Gasteiger charge is -2.18. The number of nitrogens with one attached hydrogen (secondary N) is 1. The molecule has 0 unspecified atom stereocenters. The molecule has 0 aliphatic carbocycles. The van der Waals surface area contributed by atoms with E-state index in [-0.39, 0.29) is 23.3 Å². The fraction of sp³-hybridized carbons (Fsp3) is 0.214. The van der Waals surface area contributed by atoms with Gasteiger partial charge < -0.3 is 16.0 Å². The number of alkyl halides is 3. The number of nitrogens with two attached hydrogens (primary N) is 1. The van der Waals surface area contributed by atoms with Gasteiger partial charge in [-0.15, -0.1) is 0 Å². The minimum absolute atomic E-state index is 0.0321. The Bertz CT molecular complexity index is 780. The molecule has 0 spiro atoms. The second-order valence-corrected chi connectivity index (χ2v) is 5.80. The van der Waals surface area contributed by atoms with Crippen molar-refractivity contribution in [1.82, 2.24) is 9.97 Å². The van der Waals surface area contributed by atoms with Gasteiger partial charge in [-0.05, 0) is 18.2 Å². The first kappa shape index (κ1) is 19.1. The maximum Gasteiger partial charge on any atom is 0.417 e. The first-order valence-corrected chi connectivity index (χ1v) is 7.49. The van der Waals surface area contributed by atoms with E-state index in [1.54, 1.807) is 7.05 Å². The highest BCUT2D eigenvalue weighted by Crippen LogP contribution is 2.36. The van der Waals surface area contributed by atoms with Gasteiger partial charge in [-0.2, -0.15) is 18.2 Å². The van der Waals surface area contributed by atoms with Gasteiger partial charge in [0.2, 0.25) is 11.9 Å². The predicted molar refractivity (Wildman–Crippen MR) is 89.8 cm³/mol. The summed E-state index contributed by atoms with van der Waals surface area (Å²) in [7, 11) is 1.54. The molecule has 11 heteroatoms. The molecule has 0 fully saturated rings. The summed E-state index contributed by atoms with van der Waals surface area (Å²) in [6, 6.07) is 4.50. The number of benzene rings is 1. The van der Waals surface area contributed by atoms with Gasteiger partial charge in [0.05, 0.1) is 17.1 Å². The van der Waals surface area contributed by atoms with Gasteiger partial charge in [0, 0.05) is 18.8 Å². The number of hydrogen-bond donors (Lipinski definition) is 2. The molecule has 0 bridgehead atoms. The zero-order chi connectivity index (χ0) is 18.8. The number of carbonyl (C=O) groups is 1. The van der Waals surface area contributed by atoms with E-state index >= 15 is 0 Å². The van der Waals surface area contributed by atoms with E-state index in [9.17, 15) is 18.0 Å². The standard InChI is InChI=1S/C14H12Cl2F3N5O/c1-24(11-5-10(16)22-13(20)23-11)6-12(25)21-7-2-3-9(15)8(4-7)14(17,18)19/h2-5H,6H2,1H3,(H,21,25)(H2,20,22,23). The van der Waals surface area contributed by atoms with Crippen molar-refractivity contribution in [2.75, 3.05) is 29.5 Å². The molecule has 1 aromatic carbocycles. The molecule has 1 heterocycles. The number of aromatic nitrogens is 2. The Balaban J connectivity index is 2.10. The monoisotopic (exact) mass is 393 g/mol. The summed E-state index contributed by atoms with van der Waals surface area (Å²) in [4.78, 5) is 21.1. The summed E-state index contributed by atoms with van der Waals surface area (Å²) in [6.45, 7) is -0.198. The van der Waals surface area contributed by atoms with Crippen molar-refractivity contribution in [2.45, 2.75) is 6.18 Å². The fourth-order valence-electron chi connectivity index (χ4n) is 1.94. The second-order valence-electron chi connectivity index (χ2n) is 5.00. The van der Waals surface area contributed by atoms with Crippen LogP contribution in [0.5, 0.6) is 0 Å². The molecular formula is C14H12Cl2F3N5O. The number of anilines is 3. The highest BCUT2D eigenvalue weighted by molar-refractivity contribution is 6.31. The number of nitrogens with zero attached hydrogens (tertiary/aromatic N) is 3. The van der Waals surface area contributed by atoms with Crippen LogP contribution in [0.4, 0.5) is 30.6 Å². The largest absolute Gasteiger partial charge is 0.417 e. The third-order valence-electron chi connectivity index (χ3n) is 3.03. The summed E-state index contributed by atoms with van der Waals surface area (Å²) < 4.78 is 38.5.